The van der Waals surface area contributed by atoms with Crippen LogP contribution < -0.4 is 0 Å². The number of aryl methyl sites for hydroxylation is 2. The molecule has 2 N–H and O–H groups in total. The summed E-state index contributed by atoms with van der Waals surface area (Å²) in [5.74, 6) is 0. The Hall–Kier alpha value is -0.860. The standard InChI is InChI=1S/C8H10.C4H10O.CH4O/c1-7-3-5-8(2)6-4-7;1-2-3-4-5;1-2/h3-6H,1-2H3;5H,2-4H2,1H3;2H,1H3. The molecule has 2 nitrogen and oxygen atoms in total. The van der Waals surface area contributed by atoms with Crippen LogP contribution in [0.2, 0.25) is 0 Å². The van der Waals surface area contributed by atoms with Crippen molar-refractivity contribution in [2.75, 3.05) is 13.7 Å². The monoisotopic (exact) mass is 212 g/mol. The number of unbranched alkanes of at least 4 members (excludes halogenated alkanes) is 1. The number of rotatable bonds is 2. The molecule has 15 heavy (non-hydrogen) atoms. The lowest BCUT2D eigenvalue weighted by atomic mass is 10.2. The van der Waals surface area contributed by atoms with Crippen molar-refractivity contribution in [2.45, 2.75) is 33.6 Å². The van der Waals surface area contributed by atoms with Crippen LogP contribution in [0.25, 0.3) is 0 Å². The molecule has 0 amide bonds. The molecule has 0 fully saturated rings. The van der Waals surface area contributed by atoms with Crippen LogP contribution >= 0.6 is 0 Å². The van der Waals surface area contributed by atoms with E-state index < -0.39 is 0 Å². The summed E-state index contributed by atoms with van der Waals surface area (Å²) in [5, 5.41) is 15.1. The molecule has 0 heterocycles. The van der Waals surface area contributed by atoms with E-state index in [4.69, 9.17) is 10.2 Å². The first-order valence-electron chi connectivity index (χ1n) is 5.29. The van der Waals surface area contributed by atoms with Crippen LogP contribution in [0.4, 0.5) is 0 Å². The van der Waals surface area contributed by atoms with Crippen LogP contribution in [-0.2, 0) is 0 Å². The van der Waals surface area contributed by atoms with E-state index in [2.05, 4.69) is 45.0 Å². The summed E-state index contributed by atoms with van der Waals surface area (Å²) < 4.78 is 0. The van der Waals surface area contributed by atoms with Gasteiger partial charge in [0.2, 0.25) is 0 Å². The first-order valence-corrected chi connectivity index (χ1v) is 5.29. The lowest BCUT2D eigenvalue weighted by Crippen LogP contribution is -1.75. The van der Waals surface area contributed by atoms with Gasteiger partial charge in [0, 0.05) is 13.7 Å². The largest absolute Gasteiger partial charge is 0.400 e. The summed E-state index contributed by atoms with van der Waals surface area (Å²) in [6.07, 6.45) is 2.04. The van der Waals surface area contributed by atoms with E-state index >= 15 is 0 Å². The van der Waals surface area contributed by atoms with Gasteiger partial charge in [0.05, 0.1) is 0 Å². The van der Waals surface area contributed by atoms with Gasteiger partial charge in [-0.1, -0.05) is 48.7 Å². The third-order valence-electron chi connectivity index (χ3n) is 1.73. The van der Waals surface area contributed by atoms with Crippen LogP contribution in [0.5, 0.6) is 0 Å². The highest BCUT2D eigenvalue weighted by molar-refractivity contribution is 5.19. The van der Waals surface area contributed by atoms with Gasteiger partial charge in [0.25, 0.3) is 0 Å². The second-order valence-electron chi connectivity index (χ2n) is 3.23. The molecule has 0 bridgehead atoms. The van der Waals surface area contributed by atoms with Gasteiger partial charge in [-0.3, -0.25) is 0 Å². The second-order valence-corrected chi connectivity index (χ2v) is 3.23. The summed E-state index contributed by atoms with van der Waals surface area (Å²) in [4.78, 5) is 0. The van der Waals surface area contributed by atoms with Crippen molar-refractivity contribution in [1.82, 2.24) is 0 Å². The molecule has 1 aromatic carbocycles. The molecule has 2 heteroatoms. The Morgan fingerprint density at radius 3 is 1.40 bits per heavy atom. The number of aliphatic hydroxyl groups excluding tert-OH is 2. The van der Waals surface area contributed by atoms with Gasteiger partial charge in [0.1, 0.15) is 0 Å². The van der Waals surface area contributed by atoms with Gasteiger partial charge in [-0.2, -0.15) is 0 Å². The molecule has 0 aliphatic heterocycles. The summed E-state index contributed by atoms with van der Waals surface area (Å²) in [6.45, 7) is 6.59. The van der Waals surface area contributed by atoms with Crippen molar-refractivity contribution in [2.24, 2.45) is 0 Å². The normalized spacial score (nSPS) is 8.13. The van der Waals surface area contributed by atoms with Crippen molar-refractivity contribution in [1.29, 1.82) is 0 Å². The molecule has 0 spiro atoms. The van der Waals surface area contributed by atoms with Gasteiger partial charge in [-0.05, 0) is 20.3 Å². The van der Waals surface area contributed by atoms with Crippen molar-refractivity contribution in [3.63, 3.8) is 0 Å². The minimum absolute atomic E-state index is 0.344. The van der Waals surface area contributed by atoms with Gasteiger partial charge in [0.15, 0.2) is 0 Å². The second kappa shape index (κ2) is 13.1. The molecule has 0 saturated heterocycles. The molecular weight excluding hydrogens is 188 g/mol. The van der Waals surface area contributed by atoms with Gasteiger partial charge in [-0.15, -0.1) is 0 Å². The topological polar surface area (TPSA) is 40.5 Å². The lowest BCUT2D eigenvalue weighted by molar-refractivity contribution is 0.287. The Morgan fingerprint density at radius 2 is 1.27 bits per heavy atom. The minimum Gasteiger partial charge on any atom is -0.400 e. The van der Waals surface area contributed by atoms with Crippen LogP contribution in [0, 0.1) is 13.8 Å². The van der Waals surface area contributed by atoms with Crippen molar-refractivity contribution in [3.05, 3.63) is 35.4 Å². The van der Waals surface area contributed by atoms with Gasteiger partial charge < -0.3 is 10.2 Å². The van der Waals surface area contributed by atoms with Crippen LogP contribution in [0.15, 0.2) is 24.3 Å². The maximum absolute atomic E-state index is 8.07. The molecule has 0 radical (unpaired) electrons. The van der Waals surface area contributed by atoms with E-state index in [-0.39, 0.29) is 0 Å². The SMILES string of the molecule is CCCCO.CO.Cc1ccc(C)cc1. The zero-order valence-corrected chi connectivity index (χ0v) is 10.3. The summed E-state index contributed by atoms with van der Waals surface area (Å²) >= 11 is 0. The van der Waals surface area contributed by atoms with Gasteiger partial charge >= 0.3 is 0 Å². The van der Waals surface area contributed by atoms with Crippen molar-refractivity contribution >= 4 is 0 Å². The number of hydrogen-bond donors (Lipinski definition) is 2. The molecule has 88 valence electrons. The van der Waals surface area contributed by atoms with E-state index in [1.54, 1.807) is 0 Å². The molecule has 0 saturated carbocycles. The lowest BCUT2D eigenvalue weighted by Gasteiger charge is -1.90. The Bertz CT molecular complexity index is 181. The highest BCUT2D eigenvalue weighted by Gasteiger charge is 1.79. The molecular formula is C13H24O2. The fraction of sp³-hybridized carbons (Fsp3) is 0.538. The van der Waals surface area contributed by atoms with Crippen molar-refractivity contribution < 1.29 is 10.2 Å². The van der Waals surface area contributed by atoms with E-state index in [0.717, 1.165) is 20.0 Å². The highest BCUT2D eigenvalue weighted by atomic mass is 16.3. The van der Waals surface area contributed by atoms with E-state index in [1.807, 2.05) is 0 Å². The molecule has 0 aliphatic carbocycles. The highest BCUT2D eigenvalue weighted by Crippen LogP contribution is 1.99. The Balaban J connectivity index is 0. The van der Waals surface area contributed by atoms with E-state index in [9.17, 15) is 0 Å². The van der Waals surface area contributed by atoms with Crippen LogP contribution in [-0.4, -0.2) is 23.9 Å². The third-order valence-corrected chi connectivity index (χ3v) is 1.73. The maximum atomic E-state index is 8.07. The summed E-state index contributed by atoms with van der Waals surface area (Å²) in [5.41, 5.74) is 2.66. The molecule has 0 atom stereocenters. The molecule has 1 rings (SSSR count). The number of hydrogen-bond acceptors (Lipinski definition) is 2. The zero-order chi connectivity index (χ0) is 12.1. The third kappa shape index (κ3) is 13.1. The number of aliphatic hydroxyl groups is 2. The Kier molecular flexibility index (Phi) is 14.5. The predicted octanol–water partition coefficient (Wildman–Crippen LogP) is 2.69. The molecule has 0 aliphatic rings. The van der Waals surface area contributed by atoms with E-state index in [0.29, 0.717) is 6.61 Å². The average molecular weight is 212 g/mol. The molecule has 1 aromatic rings. The Labute approximate surface area is 93.6 Å². The van der Waals surface area contributed by atoms with Crippen LogP contribution in [0.1, 0.15) is 30.9 Å². The first-order chi connectivity index (χ1) is 7.20. The Morgan fingerprint density at radius 1 is 0.933 bits per heavy atom. The van der Waals surface area contributed by atoms with Crippen molar-refractivity contribution in [3.8, 4) is 0 Å². The summed E-state index contributed by atoms with van der Waals surface area (Å²) in [7, 11) is 1.00. The predicted molar refractivity (Wildman–Crippen MR) is 66.1 cm³/mol. The maximum Gasteiger partial charge on any atom is 0.0430 e. The summed E-state index contributed by atoms with van der Waals surface area (Å²) in [6, 6.07) is 8.48. The molecule has 0 aromatic heterocycles. The molecule has 0 unspecified atom stereocenters. The quantitative estimate of drug-likeness (QED) is 0.791. The fourth-order valence-corrected chi connectivity index (χ4v) is 0.795. The van der Waals surface area contributed by atoms with E-state index in [1.165, 1.54) is 11.1 Å². The first kappa shape index (κ1) is 16.6. The number of benzene rings is 1. The minimum atomic E-state index is 0.344. The fourth-order valence-electron chi connectivity index (χ4n) is 0.795. The smallest absolute Gasteiger partial charge is 0.0430 e. The average Bonchev–Trinajstić information content (AvgIpc) is 2.27. The van der Waals surface area contributed by atoms with Crippen LogP contribution in [0.3, 0.4) is 0 Å². The van der Waals surface area contributed by atoms with Gasteiger partial charge in [-0.25, -0.2) is 0 Å². The zero-order valence-electron chi connectivity index (χ0n) is 10.3.